The summed E-state index contributed by atoms with van der Waals surface area (Å²) in [5, 5.41) is 0. The maximum Gasteiger partial charge on any atom is 0.118 e. The van der Waals surface area contributed by atoms with Crippen LogP contribution in [-0.4, -0.2) is 16.7 Å². The van der Waals surface area contributed by atoms with E-state index in [1.807, 2.05) is 24.7 Å². The van der Waals surface area contributed by atoms with Gasteiger partial charge in [-0.2, -0.15) is 0 Å². The highest BCUT2D eigenvalue weighted by Gasteiger charge is 2.11. The number of aryl methyl sites for hydroxylation is 2. The van der Waals surface area contributed by atoms with Gasteiger partial charge in [-0.3, -0.25) is 0 Å². The van der Waals surface area contributed by atoms with E-state index in [-0.39, 0.29) is 0 Å². The molecule has 1 atom stereocenters. The monoisotopic (exact) mass is 334 g/mol. The molecule has 0 fully saturated rings. The molecule has 0 saturated carbocycles. The van der Waals surface area contributed by atoms with Gasteiger partial charge in [0, 0.05) is 18.9 Å². The van der Waals surface area contributed by atoms with E-state index in [0.29, 0.717) is 5.92 Å². The first-order valence-corrected chi connectivity index (χ1v) is 8.87. The number of methoxy groups -OCH3 is 1. The van der Waals surface area contributed by atoms with Gasteiger partial charge in [0.25, 0.3) is 0 Å². The number of ether oxygens (including phenoxy) is 1. The van der Waals surface area contributed by atoms with E-state index in [0.717, 1.165) is 31.6 Å². The molecule has 1 heterocycles. The smallest absolute Gasteiger partial charge is 0.118 e. The second-order valence-corrected chi connectivity index (χ2v) is 6.70. The lowest BCUT2D eigenvalue weighted by atomic mass is 9.92. The Kier molecular flexibility index (Phi) is 5.89. The fourth-order valence-corrected chi connectivity index (χ4v) is 3.17. The third-order valence-electron chi connectivity index (χ3n) is 4.67. The number of aromatic nitrogens is 2. The van der Waals surface area contributed by atoms with Gasteiger partial charge in [-0.15, -0.1) is 0 Å². The predicted octanol–water partition coefficient (Wildman–Crippen LogP) is 4.69. The van der Waals surface area contributed by atoms with Gasteiger partial charge in [-0.25, -0.2) is 4.98 Å². The van der Waals surface area contributed by atoms with E-state index in [1.54, 1.807) is 7.11 Å². The van der Waals surface area contributed by atoms with Crippen LogP contribution in [0.4, 0.5) is 0 Å². The summed E-state index contributed by atoms with van der Waals surface area (Å²) < 4.78 is 7.43. The molecule has 2 aromatic carbocycles. The summed E-state index contributed by atoms with van der Waals surface area (Å²) in [7, 11) is 1.71. The number of benzene rings is 2. The van der Waals surface area contributed by atoms with Crippen molar-refractivity contribution in [2.75, 3.05) is 7.11 Å². The van der Waals surface area contributed by atoms with Crippen molar-refractivity contribution in [3.05, 3.63) is 83.9 Å². The zero-order valence-electron chi connectivity index (χ0n) is 15.1. The van der Waals surface area contributed by atoms with Crippen LogP contribution < -0.4 is 4.74 Å². The molecule has 0 N–H and O–H groups in total. The van der Waals surface area contributed by atoms with E-state index >= 15 is 0 Å². The summed E-state index contributed by atoms with van der Waals surface area (Å²) in [6.45, 7) is 3.14. The van der Waals surface area contributed by atoms with Crippen LogP contribution in [0.5, 0.6) is 5.75 Å². The minimum Gasteiger partial charge on any atom is -0.497 e. The van der Waals surface area contributed by atoms with Crippen molar-refractivity contribution in [3.63, 3.8) is 0 Å². The molecular weight excluding hydrogens is 308 g/mol. The molecule has 3 aromatic rings. The lowest BCUT2D eigenvalue weighted by Gasteiger charge is -2.18. The lowest BCUT2D eigenvalue weighted by Crippen LogP contribution is -2.14. The Bertz CT molecular complexity index is 746. The topological polar surface area (TPSA) is 27.1 Å². The Morgan fingerprint density at radius 2 is 1.72 bits per heavy atom. The summed E-state index contributed by atoms with van der Waals surface area (Å²) in [5.74, 6) is 1.50. The molecule has 3 rings (SSSR count). The van der Waals surface area contributed by atoms with E-state index in [1.165, 1.54) is 16.7 Å². The minimum atomic E-state index is 0.582. The highest BCUT2D eigenvalue weighted by Crippen LogP contribution is 2.20. The van der Waals surface area contributed by atoms with Gasteiger partial charge >= 0.3 is 0 Å². The molecule has 3 nitrogen and oxygen atoms in total. The first-order chi connectivity index (χ1) is 12.2. The average molecular weight is 334 g/mol. The van der Waals surface area contributed by atoms with Crippen LogP contribution in [0.1, 0.15) is 23.1 Å². The summed E-state index contributed by atoms with van der Waals surface area (Å²) in [6, 6.07) is 17.3. The van der Waals surface area contributed by atoms with Crippen LogP contribution in [0, 0.1) is 12.8 Å². The first kappa shape index (κ1) is 17.3. The second-order valence-electron chi connectivity index (χ2n) is 6.70. The number of rotatable bonds is 8. The molecule has 0 radical (unpaired) electrons. The van der Waals surface area contributed by atoms with Crippen molar-refractivity contribution in [1.82, 2.24) is 9.55 Å². The molecular formula is C22H26N2O. The van der Waals surface area contributed by atoms with Crippen molar-refractivity contribution < 1.29 is 4.74 Å². The van der Waals surface area contributed by atoms with E-state index in [4.69, 9.17) is 4.74 Å². The molecule has 1 unspecified atom stereocenters. The Morgan fingerprint density at radius 3 is 2.36 bits per heavy atom. The molecule has 0 bridgehead atoms. The standard InChI is InChI=1S/C22H26N2O/c1-18-3-5-20(6-4-18)15-21(16-24-14-13-23-17-24)8-7-19-9-11-22(25-2)12-10-19/h3-6,9-14,17,21H,7-8,15-16H2,1-2H3. The van der Waals surface area contributed by atoms with E-state index < -0.39 is 0 Å². The van der Waals surface area contributed by atoms with Crippen LogP contribution in [0.15, 0.2) is 67.3 Å². The van der Waals surface area contributed by atoms with Crippen LogP contribution in [0.3, 0.4) is 0 Å². The van der Waals surface area contributed by atoms with Crippen LogP contribution in [0.25, 0.3) is 0 Å². The normalized spacial score (nSPS) is 12.1. The molecule has 25 heavy (non-hydrogen) atoms. The van der Waals surface area contributed by atoms with Gasteiger partial charge < -0.3 is 9.30 Å². The quantitative estimate of drug-likeness (QED) is 0.597. The molecule has 0 aliphatic rings. The van der Waals surface area contributed by atoms with Gasteiger partial charge in [0.1, 0.15) is 5.75 Å². The molecule has 1 aromatic heterocycles. The Labute approximate surface area is 150 Å². The molecule has 0 saturated heterocycles. The molecule has 0 spiro atoms. The number of hydrogen-bond donors (Lipinski definition) is 0. The number of imidazole rings is 1. The van der Waals surface area contributed by atoms with Gasteiger partial charge in [0.05, 0.1) is 13.4 Å². The maximum atomic E-state index is 5.24. The minimum absolute atomic E-state index is 0.582. The SMILES string of the molecule is COc1ccc(CCC(Cc2ccc(C)cc2)Cn2ccnc2)cc1. The van der Waals surface area contributed by atoms with Crippen molar-refractivity contribution >= 4 is 0 Å². The third-order valence-corrected chi connectivity index (χ3v) is 4.67. The Morgan fingerprint density at radius 1 is 1.00 bits per heavy atom. The Balaban J connectivity index is 1.65. The van der Waals surface area contributed by atoms with Crippen LogP contribution in [-0.2, 0) is 19.4 Å². The predicted molar refractivity (Wildman–Crippen MR) is 102 cm³/mol. The van der Waals surface area contributed by atoms with E-state index in [2.05, 4.69) is 59.1 Å². The third kappa shape index (κ3) is 5.21. The van der Waals surface area contributed by atoms with Crippen LogP contribution in [0.2, 0.25) is 0 Å². The maximum absolute atomic E-state index is 5.24. The summed E-state index contributed by atoms with van der Waals surface area (Å²) >= 11 is 0. The highest BCUT2D eigenvalue weighted by molar-refractivity contribution is 5.27. The molecule has 130 valence electrons. The van der Waals surface area contributed by atoms with Crippen molar-refractivity contribution in [2.24, 2.45) is 5.92 Å². The Hall–Kier alpha value is -2.55. The molecule has 0 aliphatic carbocycles. The van der Waals surface area contributed by atoms with Gasteiger partial charge in [0.2, 0.25) is 0 Å². The summed E-state index contributed by atoms with van der Waals surface area (Å²) in [5.41, 5.74) is 4.08. The summed E-state index contributed by atoms with van der Waals surface area (Å²) in [6.07, 6.45) is 9.14. The second kappa shape index (κ2) is 8.52. The van der Waals surface area contributed by atoms with Crippen molar-refractivity contribution in [2.45, 2.75) is 32.7 Å². The first-order valence-electron chi connectivity index (χ1n) is 8.87. The molecule has 0 amide bonds. The van der Waals surface area contributed by atoms with Gasteiger partial charge in [-0.05, 0) is 55.4 Å². The zero-order chi connectivity index (χ0) is 17.5. The molecule has 3 heteroatoms. The van der Waals surface area contributed by atoms with Crippen molar-refractivity contribution in [1.29, 1.82) is 0 Å². The molecule has 0 aliphatic heterocycles. The number of nitrogens with zero attached hydrogens (tertiary/aromatic N) is 2. The van der Waals surface area contributed by atoms with Gasteiger partial charge in [0.15, 0.2) is 0 Å². The summed E-state index contributed by atoms with van der Waals surface area (Å²) in [4.78, 5) is 4.18. The van der Waals surface area contributed by atoms with E-state index in [9.17, 15) is 0 Å². The fraction of sp³-hybridized carbons (Fsp3) is 0.318. The fourth-order valence-electron chi connectivity index (χ4n) is 3.17. The van der Waals surface area contributed by atoms with Gasteiger partial charge in [-0.1, -0.05) is 42.0 Å². The highest BCUT2D eigenvalue weighted by atomic mass is 16.5. The largest absolute Gasteiger partial charge is 0.497 e. The number of hydrogen-bond acceptors (Lipinski definition) is 2. The van der Waals surface area contributed by atoms with Crippen LogP contribution >= 0.6 is 0 Å². The lowest BCUT2D eigenvalue weighted by molar-refractivity contribution is 0.410. The van der Waals surface area contributed by atoms with Crippen molar-refractivity contribution in [3.8, 4) is 5.75 Å². The zero-order valence-corrected chi connectivity index (χ0v) is 15.1. The average Bonchev–Trinajstić information content (AvgIpc) is 3.15.